The number of anilines is 3. The molecule has 2 heterocycles. The zero-order valence-electron chi connectivity index (χ0n) is 29.8. The molecule has 0 aliphatic heterocycles. The fourth-order valence-corrected chi connectivity index (χ4v) is 9.48. The summed E-state index contributed by atoms with van der Waals surface area (Å²) in [5, 5.41) is 7.28. The molecule has 0 fully saturated rings. The first-order valence-corrected chi connectivity index (χ1v) is 19.5. The lowest BCUT2D eigenvalue weighted by Crippen LogP contribution is -2.12. The van der Waals surface area contributed by atoms with Crippen molar-refractivity contribution >= 4 is 81.3 Å². The van der Waals surface area contributed by atoms with Crippen molar-refractivity contribution in [2.24, 2.45) is 0 Å². The molecular weight excluding hydrogens is 687 g/mol. The smallest absolute Gasteiger partial charge is 0.135 e. The topological polar surface area (TPSA) is 16.4 Å². The van der Waals surface area contributed by atoms with E-state index in [1.54, 1.807) is 0 Å². The molecule has 9 aromatic carbocycles. The quantitative estimate of drug-likeness (QED) is 0.170. The average Bonchev–Trinajstić information content (AvgIpc) is 3.83. The van der Waals surface area contributed by atoms with Gasteiger partial charge in [0, 0.05) is 37.5 Å². The van der Waals surface area contributed by atoms with E-state index < -0.39 is 0 Å². The zero-order valence-corrected chi connectivity index (χ0v) is 30.6. The van der Waals surface area contributed by atoms with Gasteiger partial charge in [-0.15, -0.1) is 11.3 Å². The lowest BCUT2D eigenvalue weighted by Gasteiger charge is -2.29. The number of para-hydroxylation sites is 1. The molecule has 11 rings (SSSR count). The number of hydrogen-bond donors (Lipinski definition) is 0. The van der Waals surface area contributed by atoms with Gasteiger partial charge in [0.05, 0.1) is 16.1 Å². The summed E-state index contributed by atoms with van der Waals surface area (Å²) in [5.74, 6) is 0. The molecule has 11 aromatic rings. The first-order chi connectivity index (χ1) is 27.3. The second kappa shape index (κ2) is 12.9. The molecule has 0 aliphatic carbocycles. The molecule has 0 N–H and O–H groups in total. The van der Waals surface area contributed by atoms with E-state index in [0.717, 1.165) is 50.1 Å². The van der Waals surface area contributed by atoms with Gasteiger partial charge in [-0.1, -0.05) is 152 Å². The number of rotatable bonds is 6. The molecule has 0 amide bonds. The van der Waals surface area contributed by atoms with E-state index in [2.05, 4.69) is 193 Å². The SMILES string of the molecule is c1ccc(-c2ccc(-c3cccc4ccccc34)cc2N(c2cccc(-c3ccc4oc5ccccc5c4c3)c2)c2cccc3c2sc2ccccc23)cc1. The Hall–Kier alpha value is -6.94. The Bertz CT molecular complexity index is 3220. The van der Waals surface area contributed by atoms with Crippen molar-refractivity contribution in [2.75, 3.05) is 4.90 Å². The summed E-state index contributed by atoms with van der Waals surface area (Å²) in [6.07, 6.45) is 0. The Morgan fingerprint density at radius 2 is 1.04 bits per heavy atom. The molecule has 0 unspecified atom stereocenters. The molecule has 258 valence electrons. The fraction of sp³-hybridized carbons (Fsp3) is 0. The molecular formula is C52H33NOS. The van der Waals surface area contributed by atoms with Crippen molar-refractivity contribution in [2.45, 2.75) is 0 Å². The van der Waals surface area contributed by atoms with Gasteiger partial charge in [0.15, 0.2) is 0 Å². The molecule has 0 bridgehead atoms. The number of furan rings is 1. The van der Waals surface area contributed by atoms with Gasteiger partial charge in [-0.2, -0.15) is 0 Å². The summed E-state index contributed by atoms with van der Waals surface area (Å²) >= 11 is 1.86. The minimum absolute atomic E-state index is 0.900. The summed E-state index contributed by atoms with van der Waals surface area (Å²) < 4.78 is 8.75. The van der Waals surface area contributed by atoms with Crippen molar-refractivity contribution in [1.29, 1.82) is 0 Å². The van der Waals surface area contributed by atoms with Crippen molar-refractivity contribution in [3.8, 4) is 33.4 Å². The van der Waals surface area contributed by atoms with Crippen LogP contribution in [0.4, 0.5) is 17.1 Å². The Balaban J connectivity index is 1.19. The van der Waals surface area contributed by atoms with Gasteiger partial charge in [0.25, 0.3) is 0 Å². The van der Waals surface area contributed by atoms with Crippen LogP contribution in [0.3, 0.4) is 0 Å². The van der Waals surface area contributed by atoms with Crippen LogP contribution in [0.1, 0.15) is 0 Å². The highest BCUT2D eigenvalue weighted by Crippen LogP contribution is 2.49. The van der Waals surface area contributed by atoms with Crippen LogP contribution < -0.4 is 4.90 Å². The summed E-state index contributed by atoms with van der Waals surface area (Å²) in [5.41, 5.74) is 12.2. The van der Waals surface area contributed by atoms with Crippen molar-refractivity contribution in [1.82, 2.24) is 0 Å². The van der Waals surface area contributed by atoms with Gasteiger partial charge in [0.1, 0.15) is 11.2 Å². The third-order valence-electron chi connectivity index (χ3n) is 10.9. The molecule has 0 atom stereocenters. The predicted octanol–water partition coefficient (Wildman–Crippen LogP) is 15.6. The monoisotopic (exact) mass is 719 g/mol. The van der Waals surface area contributed by atoms with Crippen molar-refractivity contribution in [3.63, 3.8) is 0 Å². The predicted molar refractivity (Wildman–Crippen MR) is 235 cm³/mol. The van der Waals surface area contributed by atoms with Crippen LogP contribution in [0.15, 0.2) is 205 Å². The Morgan fingerprint density at radius 1 is 0.364 bits per heavy atom. The number of nitrogens with zero attached hydrogens (tertiary/aromatic N) is 1. The Labute approximate surface area is 322 Å². The third kappa shape index (κ3) is 5.32. The van der Waals surface area contributed by atoms with Gasteiger partial charge in [-0.05, 0) is 87.1 Å². The van der Waals surface area contributed by atoms with Gasteiger partial charge in [-0.25, -0.2) is 0 Å². The van der Waals surface area contributed by atoms with E-state index in [4.69, 9.17) is 4.42 Å². The molecule has 2 aromatic heterocycles. The minimum atomic E-state index is 0.900. The lowest BCUT2D eigenvalue weighted by molar-refractivity contribution is 0.669. The van der Waals surface area contributed by atoms with Gasteiger partial charge in [0.2, 0.25) is 0 Å². The summed E-state index contributed by atoms with van der Waals surface area (Å²) in [7, 11) is 0. The van der Waals surface area contributed by atoms with Crippen LogP contribution in [0, 0.1) is 0 Å². The van der Waals surface area contributed by atoms with Crippen LogP contribution >= 0.6 is 11.3 Å². The highest BCUT2D eigenvalue weighted by atomic mass is 32.1. The second-order valence-electron chi connectivity index (χ2n) is 14.1. The number of fused-ring (bicyclic) bond motifs is 7. The Morgan fingerprint density at radius 3 is 1.96 bits per heavy atom. The maximum atomic E-state index is 6.21. The van der Waals surface area contributed by atoms with Gasteiger partial charge >= 0.3 is 0 Å². The molecule has 3 heteroatoms. The minimum Gasteiger partial charge on any atom is -0.456 e. The Kier molecular flexibility index (Phi) is 7.39. The highest BCUT2D eigenvalue weighted by molar-refractivity contribution is 7.26. The summed E-state index contributed by atoms with van der Waals surface area (Å²) in [4.78, 5) is 2.49. The van der Waals surface area contributed by atoms with Crippen molar-refractivity contribution < 1.29 is 4.42 Å². The molecule has 0 saturated heterocycles. The van der Waals surface area contributed by atoms with E-state index >= 15 is 0 Å². The largest absolute Gasteiger partial charge is 0.456 e. The molecule has 0 spiro atoms. The van der Waals surface area contributed by atoms with Crippen LogP contribution in [-0.4, -0.2) is 0 Å². The molecule has 0 aliphatic rings. The maximum Gasteiger partial charge on any atom is 0.135 e. The van der Waals surface area contributed by atoms with Gasteiger partial charge < -0.3 is 9.32 Å². The average molecular weight is 720 g/mol. The molecule has 2 nitrogen and oxygen atoms in total. The summed E-state index contributed by atoms with van der Waals surface area (Å²) in [6, 6.07) is 72.4. The number of thiophene rings is 1. The number of hydrogen-bond acceptors (Lipinski definition) is 3. The first kappa shape index (κ1) is 31.6. The first-order valence-electron chi connectivity index (χ1n) is 18.7. The van der Waals surface area contributed by atoms with E-state index in [1.807, 2.05) is 23.5 Å². The van der Waals surface area contributed by atoms with Gasteiger partial charge in [-0.3, -0.25) is 0 Å². The standard InChI is InChI=1S/C52H33NOS/c1-2-13-35(14-3-1)42-29-27-38(41-22-11-16-34-15-4-5-19-40(34)41)33-48(42)53(47-24-12-23-45-44-21-7-9-26-51(44)55-52(45)47)39-18-10-17-36(31-39)37-28-30-50-46(32-37)43-20-6-8-25-49(43)54-50/h1-33H. The maximum absolute atomic E-state index is 6.21. The van der Waals surface area contributed by atoms with E-state index in [-0.39, 0.29) is 0 Å². The second-order valence-corrected chi connectivity index (χ2v) is 15.1. The molecule has 0 radical (unpaired) electrons. The van der Waals surface area contributed by atoms with E-state index in [1.165, 1.54) is 53.2 Å². The number of benzene rings is 9. The normalized spacial score (nSPS) is 11.6. The van der Waals surface area contributed by atoms with Crippen LogP contribution in [0.25, 0.3) is 86.3 Å². The van der Waals surface area contributed by atoms with E-state index in [0.29, 0.717) is 0 Å². The van der Waals surface area contributed by atoms with Crippen molar-refractivity contribution in [3.05, 3.63) is 200 Å². The molecule has 55 heavy (non-hydrogen) atoms. The fourth-order valence-electron chi connectivity index (χ4n) is 8.27. The van der Waals surface area contributed by atoms with Crippen LogP contribution in [0.5, 0.6) is 0 Å². The van der Waals surface area contributed by atoms with Crippen LogP contribution in [0.2, 0.25) is 0 Å². The molecule has 0 saturated carbocycles. The highest BCUT2D eigenvalue weighted by Gasteiger charge is 2.23. The summed E-state index contributed by atoms with van der Waals surface area (Å²) in [6.45, 7) is 0. The third-order valence-corrected chi connectivity index (χ3v) is 12.1. The van der Waals surface area contributed by atoms with E-state index in [9.17, 15) is 0 Å². The van der Waals surface area contributed by atoms with Crippen LogP contribution in [-0.2, 0) is 0 Å². The zero-order chi connectivity index (χ0) is 36.3. The lowest BCUT2D eigenvalue weighted by atomic mass is 9.94.